The van der Waals surface area contributed by atoms with E-state index in [0.717, 1.165) is 25.7 Å². The van der Waals surface area contributed by atoms with Crippen LogP contribution in [0.3, 0.4) is 0 Å². The minimum Gasteiger partial charge on any atom is -0.105 e. The Bertz CT molecular complexity index is 128. The van der Waals surface area contributed by atoms with Crippen LogP contribution in [0.25, 0.3) is 0 Å². The summed E-state index contributed by atoms with van der Waals surface area (Å²) in [5.41, 5.74) is -0.259. The second kappa shape index (κ2) is 4.59. The van der Waals surface area contributed by atoms with E-state index in [2.05, 4.69) is 0 Å². The molecule has 0 heterocycles. The van der Waals surface area contributed by atoms with E-state index in [1.54, 1.807) is 0 Å². The Hall–Kier alpha value is 1.16. The van der Waals surface area contributed by atoms with Crippen molar-refractivity contribution in [3.63, 3.8) is 0 Å². The fraction of sp³-hybridized carbons (Fsp3) is 1.00. The second-order valence-electron chi connectivity index (χ2n) is 3.40. The molecule has 0 amide bonds. The van der Waals surface area contributed by atoms with E-state index < -0.39 is 9.67 Å². The van der Waals surface area contributed by atoms with Crippen LogP contribution in [0, 0.1) is 5.41 Å². The average Bonchev–Trinajstić information content (AvgIpc) is 2.05. The summed E-state index contributed by atoms with van der Waals surface area (Å²) in [6.07, 6.45) is 5.39. The molecule has 1 aliphatic carbocycles. The van der Waals surface area contributed by atoms with Gasteiger partial charge in [-0.05, 0) is 12.8 Å². The first-order valence-electron chi connectivity index (χ1n) is 4.16. The maximum Gasteiger partial charge on any atom is 0.116 e. The maximum atomic E-state index is 5.90. The Labute approximate surface area is 93.5 Å². The Morgan fingerprint density at radius 2 is 1.17 bits per heavy atom. The first-order chi connectivity index (χ1) is 5.59. The molecule has 0 atom stereocenters. The van der Waals surface area contributed by atoms with Crippen molar-refractivity contribution in [3.05, 3.63) is 0 Å². The molecular weight excluding hydrogens is 238 g/mol. The van der Waals surface area contributed by atoms with Crippen molar-refractivity contribution < 1.29 is 0 Å². The van der Waals surface area contributed by atoms with Crippen molar-refractivity contribution in [2.75, 3.05) is 0 Å². The lowest BCUT2D eigenvalue weighted by Gasteiger charge is -2.39. The predicted octanol–water partition coefficient (Wildman–Crippen LogP) is 4.54. The Morgan fingerprint density at radius 3 is 1.42 bits per heavy atom. The molecule has 12 heavy (non-hydrogen) atoms. The summed E-state index contributed by atoms with van der Waals surface area (Å²) in [6, 6.07) is 0. The first-order valence-corrected chi connectivity index (χ1v) is 5.90. The molecule has 0 aromatic heterocycles. The molecule has 0 bridgehead atoms. The normalized spacial score (nSPS) is 23.5. The van der Waals surface area contributed by atoms with Crippen LogP contribution in [-0.4, -0.2) is 9.67 Å². The largest absolute Gasteiger partial charge is 0.116 e. The van der Waals surface area contributed by atoms with Crippen LogP contribution < -0.4 is 0 Å². The lowest BCUT2D eigenvalue weighted by atomic mass is 9.77. The molecule has 72 valence electrons. The number of hydrogen-bond acceptors (Lipinski definition) is 0. The minimum atomic E-state index is -0.446. The highest BCUT2D eigenvalue weighted by Gasteiger charge is 2.43. The van der Waals surface area contributed by atoms with E-state index in [0.29, 0.717) is 0 Å². The van der Waals surface area contributed by atoms with E-state index in [9.17, 15) is 0 Å². The van der Waals surface area contributed by atoms with Gasteiger partial charge in [0, 0.05) is 5.41 Å². The summed E-state index contributed by atoms with van der Waals surface area (Å²) >= 11 is 23.6. The zero-order chi connectivity index (χ0) is 9.19. The number of halogens is 4. The molecule has 0 aliphatic heterocycles. The molecule has 0 unspecified atom stereocenters. The molecule has 0 N–H and O–H groups in total. The van der Waals surface area contributed by atoms with Gasteiger partial charge in [-0.15, -0.1) is 46.4 Å². The maximum absolute atomic E-state index is 5.90. The van der Waals surface area contributed by atoms with E-state index in [-0.39, 0.29) is 5.41 Å². The molecule has 4 heteroatoms. The summed E-state index contributed by atoms with van der Waals surface area (Å²) < 4.78 is 0. The highest BCUT2D eigenvalue weighted by atomic mass is 35.5. The zero-order valence-electron chi connectivity index (χ0n) is 6.70. The summed E-state index contributed by atoms with van der Waals surface area (Å²) in [7, 11) is 0. The number of alkyl halides is 4. The molecule has 1 rings (SSSR count). The van der Waals surface area contributed by atoms with Crippen LogP contribution in [0.5, 0.6) is 0 Å². The second-order valence-corrected chi connectivity index (χ2v) is 5.59. The van der Waals surface area contributed by atoms with Crippen LogP contribution in [0.2, 0.25) is 0 Å². The highest BCUT2D eigenvalue weighted by molar-refractivity contribution is 6.49. The van der Waals surface area contributed by atoms with Crippen LogP contribution in [-0.2, 0) is 0 Å². The molecule has 1 fully saturated rings. The summed E-state index contributed by atoms with van der Waals surface area (Å²) in [4.78, 5) is -0.893. The van der Waals surface area contributed by atoms with Gasteiger partial charge in [-0.2, -0.15) is 0 Å². The smallest absolute Gasteiger partial charge is 0.105 e. The van der Waals surface area contributed by atoms with Crippen LogP contribution in [0.15, 0.2) is 0 Å². The SMILES string of the molecule is ClC(Cl)C1(C(Cl)Cl)CCCCC1. The average molecular weight is 250 g/mol. The molecule has 1 saturated carbocycles. The molecule has 0 saturated heterocycles. The van der Waals surface area contributed by atoms with Crippen molar-refractivity contribution in [3.8, 4) is 0 Å². The molecule has 1 aliphatic rings. The van der Waals surface area contributed by atoms with Crippen molar-refractivity contribution >= 4 is 46.4 Å². The van der Waals surface area contributed by atoms with Gasteiger partial charge in [0.05, 0.1) is 0 Å². The predicted molar refractivity (Wildman–Crippen MR) is 56.5 cm³/mol. The molecule has 0 nitrogen and oxygen atoms in total. The van der Waals surface area contributed by atoms with Gasteiger partial charge in [0.15, 0.2) is 0 Å². The highest BCUT2D eigenvalue weighted by Crippen LogP contribution is 2.49. The Kier molecular flexibility index (Phi) is 4.30. The number of hydrogen-bond donors (Lipinski definition) is 0. The van der Waals surface area contributed by atoms with Gasteiger partial charge >= 0.3 is 0 Å². The zero-order valence-corrected chi connectivity index (χ0v) is 9.73. The van der Waals surface area contributed by atoms with Gasteiger partial charge in [-0.25, -0.2) is 0 Å². The minimum absolute atomic E-state index is 0.259. The third-order valence-corrected chi connectivity index (χ3v) is 4.39. The van der Waals surface area contributed by atoms with E-state index in [4.69, 9.17) is 46.4 Å². The van der Waals surface area contributed by atoms with Gasteiger partial charge < -0.3 is 0 Å². The fourth-order valence-corrected chi connectivity index (χ4v) is 3.38. The lowest BCUT2D eigenvalue weighted by molar-refractivity contribution is 0.226. The van der Waals surface area contributed by atoms with Crippen LogP contribution >= 0.6 is 46.4 Å². The number of rotatable bonds is 2. The molecule has 0 aromatic rings. The van der Waals surface area contributed by atoms with Gasteiger partial charge in [0.25, 0.3) is 0 Å². The van der Waals surface area contributed by atoms with Crippen LogP contribution in [0.4, 0.5) is 0 Å². The van der Waals surface area contributed by atoms with Crippen LogP contribution in [0.1, 0.15) is 32.1 Å². The van der Waals surface area contributed by atoms with Crippen molar-refractivity contribution in [1.29, 1.82) is 0 Å². The van der Waals surface area contributed by atoms with E-state index in [1.165, 1.54) is 6.42 Å². The summed E-state index contributed by atoms with van der Waals surface area (Å²) in [6.45, 7) is 0. The van der Waals surface area contributed by atoms with Gasteiger partial charge in [0.2, 0.25) is 0 Å². The van der Waals surface area contributed by atoms with Gasteiger partial charge in [-0.3, -0.25) is 0 Å². The van der Waals surface area contributed by atoms with Crippen molar-refractivity contribution in [2.24, 2.45) is 5.41 Å². The summed E-state index contributed by atoms with van der Waals surface area (Å²) in [5.74, 6) is 0. The molecular formula is C8H12Cl4. The van der Waals surface area contributed by atoms with E-state index >= 15 is 0 Å². The monoisotopic (exact) mass is 248 g/mol. The third-order valence-electron chi connectivity index (χ3n) is 2.65. The summed E-state index contributed by atoms with van der Waals surface area (Å²) in [5, 5.41) is 0. The van der Waals surface area contributed by atoms with E-state index in [1.807, 2.05) is 0 Å². The topological polar surface area (TPSA) is 0 Å². The quantitative estimate of drug-likeness (QED) is 0.631. The molecule has 0 radical (unpaired) electrons. The van der Waals surface area contributed by atoms with Gasteiger partial charge in [0.1, 0.15) is 9.67 Å². The lowest BCUT2D eigenvalue weighted by Crippen LogP contribution is -2.36. The van der Waals surface area contributed by atoms with Crippen molar-refractivity contribution in [2.45, 2.75) is 41.8 Å². The van der Waals surface area contributed by atoms with Crippen molar-refractivity contribution in [1.82, 2.24) is 0 Å². The fourth-order valence-electron chi connectivity index (χ4n) is 1.74. The molecule has 0 spiro atoms. The Balaban J connectivity index is 2.70. The standard InChI is InChI=1S/C8H12Cl4/c9-6(10)8(7(11)12)4-2-1-3-5-8/h6-7H,1-5H2. The van der Waals surface area contributed by atoms with Gasteiger partial charge in [-0.1, -0.05) is 19.3 Å². The first kappa shape index (κ1) is 11.2. The third kappa shape index (κ3) is 2.15. The Morgan fingerprint density at radius 1 is 0.750 bits per heavy atom. The molecule has 0 aromatic carbocycles.